The van der Waals surface area contributed by atoms with Crippen molar-refractivity contribution in [3.63, 3.8) is 0 Å². The topological polar surface area (TPSA) is 185 Å². The van der Waals surface area contributed by atoms with Gasteiger partial charge in [-0.3, -0.25) is 4.68 Å². The number of ether oxygens (including phenoxy) is 1. The smallest absolute Gasteiger partial charge is 0.274 e. The number of rotatable bonds is 10. The summed E-state index contributed by atoms with van der Waals surface area (Å²) in [4.78, 5) is 4.52. The Labute approximate surface area is 199 Å². The third-order valence-corrected chi connectivity index (χ3v) is 8.39. The van der Waals surface area contributed by atoms with Crippen LogP contribution >= 0.6 is 11.3 Å². The minimum atomic E-state index is -4.00. The summed E-state index contributed by atoms with van der Waals surface area (Å²) in [6.45, 7) is -0.423. The number of nitrogens with two attached hydrogens (primary N) is 1. The number of aryl methyl sites for hydroxylation is 1. The van der Waals surface area contributed by atoms with E-state index < -0.39 is 25.3 Å². The standard InChI is InChI=1S/C18H21N7O6S3/c1-25-10-12(8-20-25)11-3-4-13-14(7-11)32-18(22-13)16(33(26,27)6-5-30-2)17-24-23-15(31-17)9-21-34(19,28)29/h3-4,7-8,10,16,21H,5-6,9H2,1-2H3,(H2,19,28,29). The maximum Gasteiger partial charge on any atom is 0.274 e. The second-order valence-corrected chi connectivity index (χ2v) is 11.9. The van der Waals surface area contributed by atoms with Gasteiger partial charge in [-0.1, -0.05) is 6.07 Å². The molecule has 3 heterocycles. The van der Waals surface area contributed by atoms with Gasteiger partial charge in [-0.2, -0.15) is 18.2 Å². The van der Waals surface area contributed by atoms with Gasteiger partial charge in [0.2, 0.25) is 11.8 Å². The van der Waals surface area contributed by atoms with Crippen molar-refractivity contribution in [3.05, 3.63) is 47.4 Å². The first-order chi connectivity index (χ1) is 16.1. The molecule has 0 aliphatic rings. The van der Waals surface area contributed by atoms with Crippen molar-refractivity contribution in [3.8, 4) is 11.1 Å². The molecule has 4 aromatic rings. The van der Waals surface area contributed by atoms with Crippen LogP contribution in [0, 0.1) is 0 Å². The van der Waals surface area contributed by atoms with Crippen molar-refractivity contribution in [2.75, 3.05) is 19.5 Å². The molecule has 0 aliphatic heterocycles. The minimum absolute atomic E-state index is 0.0388. The molecule has 0 aliphatic carbocycles. The Morgan fingerprint density at radius 3 is 2.71 bits per heavy atom. The molecule has 3 N–H and O–H groups in total. The zero-order valence-electron chi connectivity index (χ0n) is 18.1. The zero-order valence-corrected chi connectivity index (χ0v) is 20.5. The molecule has 0 bridgehead atoms. The lowest BCUT2D eigenvalue weighted by atomic mass is 10.1. The third kappa shape index (κ3) is 5.48. The second kappa shape index (κ2) is 9.47. The molecule has 13 nitrogen and oxygen atoms in total. The van der Waals surface area contributed by atoms with Gasteiger partial charge in [-0.15, -0.1) is 21.5 Å². The highest BCUT2D eigenvalue weighted by Crippen LogP contribution is 2.37. The average Bonchev–Trinajstić information content (AvgIpc) is 3.49. The van der Waals surface area contributed by atoms with Crippen LogP contribution in [0.3, 0.4) is 0 Å². The minimum Gasteiger partial charge on any atom is -0.422 e. The maximum atomic E-state index is 13.2. The SMILES string of the molecule is COCCS(=O)(=O)C(c1nnc(CNS(N)(=O)=O)o1)c1nc2ccc(-c3cnn(C)c3)cc2s1. The van der Waals surface area contributed by atoms with Crippen molar-refractivity contribution in [1.82, 2.24) is 29.7 Å². The molecule has 1 unspecified atom stereocenters. The van der Waals surface area contributed by atoms with Crippen LogP contribution in [0.15, 0.2) is 35.0 Å². The quantitative estimate of drug-likeness (QED) is 0.294. The fourth-order valence-corrected chi connectivity index (χ4v) is 6.43. The van der Waals surface area contributed by atoms with Crippen molar-refractivity contribution in [1.29, 1.82) is 0 Å². The maximum absolute atomic E-state index is 13.2. The molecule has 0 saturated carbocycles. The fraction of sp³-hybridized carbons (Fsp3) is 0.333. The summed E-state index contributed by atoms with van der Waals surface area (Å²) in [6.07, 6.45) is 3.60. The van der Waals surface area contributed by atoms with Crippen LogP contribution in [-0.2, 0) is 38.4 Å². The summed E-state index contributed by atoms with van der Waals surface area (Å²) in [5.74, 6) is -0.678. The molecule has 16 heteroatoms. The van der Waals surface area contributed by atoms with E-state index >= 15 is 0 Å². The van der Waals surface area contributed by atoms with E-state index in [2.05, 4.69) is 20.3 Å². The van der Waals surface area contributed by atoms with Gasteiger partial charge in [0.15, 0.2) is 15.1 Å². The summed E-state index contributed by atoms with van der Waals surface area (Å²) in [5.41, 5.74) is 2.42. The van der Waals surface area contributed by atoms with Crippen LogP contribution in [0.1, 0.15) is 22.0 Å². The van der Waals surface area contributed by atoms with Crippen LogP contribution < -0.4 is 9.86 Å². The van der Waals surface area contributed by atoms with Gasteiger partial charge in [0, 0.05) is 25.9 Å². The molecular weight excluding hydrogens is 506 g/mol. The predicted molar refractivity (Wildman–Crippen MR) is 124 cm³/mol. The molecule has 4 rings (SSSR count). The number of nitrogens with one attached hydrogen (secondary N) is 1. The predicted octanol–water partition coefficient (Wildman–Crippen LogP) is 0.524. The number of aromatic nitrogens is 5. The van der Waals surface area contributed by atoms with E-state index in [9.17, 15) is 16.8 Å². The van der Waals surface area contributed by atoms with E-state index in [1.54, 1.807) is 16.9 Å². The largest absolute Gasteiger partial charge is 0.422 e. The Kier molecular flexibility index (Phi) is 6.79. The van der Waals surface area contributed by atoms with Crippen LogP contribution in [0.5, 0.6) is 0 Å². The number of hydrogen-bond acceptors (Lipinski definition) is 11. The van der Waals surface area contributed by atoms with Crippen LogP contribution in [0.25, 0.3) is 21.3 Å². The van der Waals surface area contributed by atoms with E-state index in [-0.39, 0.29) is 35.7 Å². The van der Waals surface area contributed by atoms with Crippen LogP contribution in [0.4, 0.5) is 0 Å². The first kappa shape index (κ1) is 24.4. The normalized spacial score (nSPS) is 13.5. The number of benzene rings is 1. The highest BCUT2D eigenvalue weighted by molar-refractivity contribution is 7.92. The highest BCUT2D eigenvalue weighted by Gasteiger charge is 2.36. The fourth-order valence-electron chi connectivity index (χ4n) is 3.14. The second-order valence-electron chi connectivity index (χ2n) is 7.28. The average molecular weight is 528 g/mol. The first-order valence-electron chi connectivity index (χ1n) is 9.75. The Morgan fingerprint density at radius 2 is 2.03 bits per heavy atom. The van der Waals surface area contributed by atoms with E-state index in [4.69, 9.17) is 14.3 Å². The van der Waals surface area contributed by atoms with E-state index in [1.807, 2.05) is 30.1 Å². The van der Waals surface area contributed by atoms with E-state index in [0.29, 0.717) is 5.52 Å². The van der Waals surface area contributed by atoms with Crippen molar-refractivity contribution in [2.45, 2.75) is 11.8 Å². The molecule has 1 atom stereocenters. The van der Waals surface area contributed by atoms with Crippen molar-refractivity contribution in [2.24, 2.45) is 12.2 Å². The van der Waals surface area contributed by atoms with Gasteiger partial charge in [0.1, 0.15) is 5.01 Å². The van der Waals surface area contributed by atoms with Crippen LogP contribution in [-0.4, -0.2) is 61.3 Å². The summed E-state index contributed by atoms with van der Waals surface area (Å²) in [5, 5.41) is 15.6. The molecule has 0 radical (unpaired) electrons. The summed E-state index contributed by atoms with van der Waals surface area (Å²) in [6, 6.07) is 5.58. The van der Waals surface area contributed by atoms with Gasteiger partial charge in [-0.05, 0) is 17.7 Å². The molecule has 0 fully saturated rings. The summed E-state index contributed by atoms with van der Waals surface area (Å²) in [7, 11) is -4.66. The van der Waals surface area contributed by atoms with Gasteiger partial charge in [-0.25, -0.2) is 18.5 Å². The number of hydrogen-bond donors (Lipinski definition) is 2. The molecule has 3 aromatic heterocycles. The van der Waals surface area contributed by atoms with Gasteiger partial charge in [0.05, 0.1) is 35.3 Å². The lowest BCUT2D eigenvalue weighted by Crippen LogP contribution is -2.30. The molecule has 1 aromatic carbocycles. The number of sulfone groups is 1. The Hall–Kier alpha value is -2.76. The summed E-state index contributed by atoms with van der Waals surface area (Å²) < 4.78 is 63.6. The van der Waals surface area contributed by atoms with Crippen molar-refractivity contribution >= 4 is 41.6 Å². The zero-order chi connectivity index (χ0) is 24.5. The third-order valence-electron chi connectivity index (χ3n) is 4.73. The molecule has 0 spiro atoms. The highest BCUT2D eigenvalue weighted by atomic mass is 32.2. The number of fused-ring (bicyclic) bond motifs is 1. The molecular formula is C18H21N7O6S3. The Balaban J connectivity index is 1.74. The molecule has 182 valence electrons. The Bertz CT molecular complexity index is 1520. The van der Waals surface area contributed by atoms with E-state index in [0.717, 1.165) is 15.8 Å². The summed E-state index contributed by atoms with van der Waals surface area (Å²) >= 11 is 1.19. The van der Waals surface area contributed by atoms with Gasteiger partial charge < -0.3 is 9.15 Å². The van der Waals surface area contributed by atoms with Gasteiger partial charge >= 0.3 is 0 Å². The number of nitrogens with zero attached hydrogens (tertiary/aromatic N) is 5. The Morgan fingerprint density at radius 1 is 1.24 bits per heavy atom. The monoisotopic (exact) mass is 527 g/mol. The van der Waals surface area contributed by atoms with Crippen LogP contribution in [0.2, 0.25) is 0 Å². The van der Waals surface area contributed by atoms with Crippen molar-refractivity contribution < 1.29 is 26.0 Å². The lowest BCUT2D eigenvalue weighted by molar-refractivity contribution is 0.217. The molecule has 34 heavy (non-hydrogen) atoms. The number of methoxy groups -OCH3 is 1. The lowest BCUT2D eigenvalue weighted by Gasteiger charge is -2.11. The first-order valence-corrected chi connectivity index (χ1v) is 13.8. The molecule has 0 saturated heterocycles. The molecule has 0 amide bonds. The van der Waals surface area contributed by atoms with E-state index in [1.165, 1.54) is 18.4 Å². The van der Waals surface area contributed by atoms with Gasteiger partial charge in [0.25, 0.3) is 10.2 Å². The number of thiazole rings is 1.